The molecular weight excluding hydrogens is 324 g/mol. The Hall–Kier alpha value is -2.33. The molecule has 0 spiro atoms. The third-order valence-corrected chi connectivity index (χ3v) is 5.97. The van der Waals surface area contributed by atoms with Gasteiger partial charge in [-0.05, 0) is 18.2 Å². The molecule has 4 heteroatoms. The molecule has 0 radical (unpaired) electrons. The molecule has 2 aromatic rings. The van der Waals surface area contributed by atoms with Crippen LogP contribution >= 0.6 is 0 Å². The summed E-state index contributed by atoms with van der Waals surface area (Å²) >= 11 is 0. The van der Waals surface area contributed by atoms with Crippen molar-refractivity contribution >= 4 is 5.91 Å². The Labute approximate surface area is 155 Å². The van der Waals surface area contributed by atoms with Crippen LogP contribution < -0.4 is 15.0 Å². The molecule has 2 aliphatic heterocycles. The number of piperidine rings is 1. The molecule has 1 amide bonds. The molecule has 0 unspecified atom stereocenters. The highest BCUT2D eigenvalue weighted by molar-refractivity contribution is 5.94. The van der Waals surface area contributed by atoms with E-state index in [0.29, 0.717) is 17.6 Å². The van der Waals surface area contributed by atoms with Gasteiger partial charge >= 0.3 is 0 Å². The lowest BCUT2D eigenvalue weighted by atomic mass is 9.96. The van der Waals surface area contributed by atoms with Crippen LogP contribution in [0.15, 0.2) is 54.6 Å². The van der Waals surface area contributed by atoms with Crippen LogP contribution in [0, 0.1) is 0 Å². The van der Waals surface area contributed by atoms with Crippen LogP contribution in [-0.2, 0) is 6.54 Å². The zero-order valence-electron chi connectivity index (χ0n) is 15.3. The summed E-state index contributed by atoms with van der Waals surface area (Å²) in [6, 6.07) is 19.8. The second-order valence-electron chi connectivity index (χ2n) is 7.58. The lowest BCUT2D eigenvalue weighted by molar-refractivity contribution is -0.954. The Bertz CT molecular complexity index is 748. The second-order valence-corrected chi connectivity index (χ2v) is 7.58. The number of ether oxygens (including phenoxy) is 1. The molecule has 0 saturated carbocycles. The van der Waals surface area contributed by atoms with Gasteiger partial charge in [0.2, 0.25) is 0 Å². The molecule has 136 valence electrons. The van der Waals surface area contributed by atoms with Crippen LogP contribution in [0.25, 0.3) is 0 Å². The van der Waals surface area contributed by atoms with Gasteiger partial charge in [-0.3, -0.25) is 4.79 Å². The first-order chi connectivity index (χ1) is 12.7. The number of rotatable bonds is 5. The smallest absolute Gasteiger partial charge is 0.251 e. The van der Waals surface area contributed by atoms with Gasteiger partial charge in [0.25, 0.3) is 5.91 Å². The molecule has 26 heavy (non-hydrogen) atoms. The predicted octanol–water partition coefficient (Wildman–Crippen LogP) is 2.20. The minimum Gasteiger partial charge on any atom is -0.497 e. The van der Waals surface area contributed by atoms with Crippen molar-refractivity contribution in [2.24, 2.45) is 0 Å². The lowest BCUT2D eigenvalue weighted by Gasteiger charge is -2.36. The number of nitrogens with one attached hydrogen (secondary N) is 2. The van der Waals surface area contributed by atoms with Crippen molar-refractivity contribution in [2.75, 3.05) is 7.11 Å². The Morgan fingerprint density at radius 1 is 1.08 bits per heavy atom. The number of carbonyl (C=O) groups excluding carboxylic acids is 1. The fourth-order valence-corrected chi connectivity index (χ4v) is 4.70. The average molecular weight is 351 g/mol. The van der Waals surface area contributed by atoms with Crippen LogP contribution in [-0.4, -0.2) is 31.1 Å². The fraction of sp³-hybridized carbons (Fsp3) is 0.409. The van der Waals surface area contributed by atoms with Gasteiger partial charge in [0.05, 0.1) is 19.2 Å². The number of carbonyl (C=O) groups is 1. The van der Waals surface area contributed by atoms with Crippen molar-refractivity contribution in [3.8, 4) is 5.75 Å². The summed E-state index contributed by atoms with van der Waals surface area (Å²) < 4.78 is 5.23. The van der Waals surface area contributed by atoms with Crippen molar-refractivity contribution in [1.82, 2.24) is 5.32 Å². The molecular formula is C22H27N2O2+. The Morgan fingerprint density at radius 3 is 2.50 bits per heavy atom. The Morgan fingerprint density at radius 2 is 1.81 bits per heavy atom. The highest BCUT2D eigenvalue weighted by atomic mass is 16.5. The molecule has 2 saturated heterocycles. The van der Waals surface area contributed by atoms with Gasteiger partial charge in [0.15, 0.2) is 0 Å². The molecule has 0 aromatic heterocycles. The standard InChI is InChI=1S/C22H26N2O2/c1-26-21-9-5-8-17(12-21)22(25)23-18-13-19-10-11-20(14-18)24(19)15-16-6-3-2-4-7-16/h2-9,12,18-20H,10-11,13-15H2,1H3,(H,23,25)/p+1/t19-,20-/m1/s1. The van der Waals surface area contributed by atoms with Crippen LogP contribution in [0.1, 0.15) is 41.6 Å². The van der Waals surface area contributed by atoms with E-state index >= 15 is 0 Å². The van der Waals surface area contributed by atoms with E-state index in [9.17, 15) is 4.79 Å². The van der Waals surface area contributed by atoms with E-state index in [-0.39, 0.29) is 11.9 Å². The van der Waals surface area contributed by atoms with E-state index in [1.807, 2.05) is 18.2 Å². The summed E-state index contributed by atoms with van der Waals surface area (Å²) in [6.07, 6.45) is 4.71. The average Bonchev–Trinajstić information content (AvgIpc) is 2.90. The topological polar surface area (TPSA) is 42.8 Å². The molecule has 2 aromatic carbocycles. The van der Waals surface area contributed by atoms with Gasteiger partial charge in [-0.2, -0.15) is 0 Å². The normalized spacial score (nSPS) is 27.1. The summed E-state index contributed by atoms with van der Waals surface area (Å²) in [4.78, 5) is 14.3. The Balaban J connectivity index is 1.38. The summed E-state index contributed by atoms with van der Waals surface area (Å²) in [5.74, 6) is 0.736. The first-order valence-corrected chi connectivity index (χ1v) is 9.57. The molecule has 2 fully saturated rings. The highest BCUT2D eigenvalue weighted by Crippen LogP contribution is 2.24. The molecule has 0 aliphatic carbocycles. The Kier molecular flexibility index (Phi) is 4.93. The first-order valence-electron chi connectivity index (χ1n) is 9.57. The van der Waals surface area contributed by atoms with Gasteiger partial charge in [-0.25, -0.2) is 0 Å². The molecule has 2 heterocycles. The molecule has 4 rings (SSSR count). The van der Waals surface area contributed by atoms with Crippen molar-refractivity contribution < 1.29 is 14.4 Å². The summed E-state index contributed by atoms with van der Waals surface area (Å²) in [5, 5.41) is 3.26. The lowest BCUT2D eigenvalue weighted by Crippen LogP contribution is -3.17. The quantitative estimate of drug-likeness (QED) is 0.867. The fourth-order valence-electron chi connectivity index (χ4n) is 4.70. The third kappa shape index (κ3) is 3.61. The number of quaternary nitrogens is 1. The van der Waals surface area contributed by atoms with Gasteiger partial charge in [0, 0.05) is 42.9 Å². The van der Waals surface area contributed by atoms with E-state index in [4.69, 9.17) is 4.74 Å². The van der Waals surface area contributed by atoms with E-state index in [0.717, 1.165) is 25.1 Å². The maximum atomic E-state index is 12.6. The van der Waals surface area contributed by atoms with Gasteiger partial charge < -0.3 is 15.0 Å². The highest BCUT2D eigenvalue weighted by Gasteiger charge is 2.44. The molecule has 2 bridgehead atoms. The number of amides is 1. The van der Waals surface area contributed by atoms with E-state index in [1.165, 1.54) is 18.4 Å². The monoisotopic (exact) mass is 351 g/mol. The van der Waals surface area contributed by atoms with E-state index in [2.05, 4.69) is 35.6 Å². The number of fused-ring (bicyclic) bond motifs is 2. The third-order valence-electron chi connectivity index (χ3n) is 5.97. The van der Waals surface area contributed by atoms with Gasteiger partial charge in [0.1, 0.15) is 12.3 Å². The molecule has 2 aliphatic rings. The van der Waals surface area contributed by atoms with E-state index < -0.39 is 0 Å². The predicted molar refractivity (Wildman–Crippen MR) is 101 cm³/mol. The first kappa shape index (κ1) is 17.1. The summed E-state index contributed by atoms with van der Waals surface area (Å²) in [6.45, 7) is 1.10. The largest absolute Gasteiger partial charge is 0.497 e. The molecule has 2 atom stereocenters. The molecule has 2 N–H and O–H groups in total. The number of hydrogen-bond donors (Lipinski definition) is 2. The van der Waals surface area contributed by atoms with Crippen LogP contribution in [0.3, 0.4) is 0 Å². The summed E-state index contributed by atoms with van der Waals surface area (Å²) in [5.41, 5.74) is 2.09. The van der Waals surface area contributed by atoms with Gasteiger partial charge in [-0.15, -0.1) is 0 Å². The second kappa shape index (κ2) is 7.50. The molecule has 4 nitrogen and oxygen atoms in total. The zero-order chi connectivity index (χ0) is 17.9. The SMILES string of the molecule is COc1cccc(C(=O)NC2C[C@H]3CC[C@H](C2)[NH+]3Cc2ccccc2)c1. The number of methoxy groups -OCH3 is 1. The van der Waals surface area contributed by atoms with Crippen LogP contribution in [0.4, 0.5) is 0 Å². The van der Waals surface area contributed by atoms with Crippen LogP contribution in [0.2, 0.25) is 0 Å². The minimum absolute atomic E-state index is 0.0137. The minimum atomic E-state index is 0.0137. The summed E-state index contributed by atoms with van der Waals surface area (Å²) in [7, 11) is 1.62. The van der Waals surface area contributed by atoms with Gasteiger partial charge in [-0.1, -0.05) is 36.4 Å². The van der Waals surface area contributed by atoms with Crippen molar-refractivity contribution in [3.63, 3.8) is 0 Å². The number of benzene rings is 2. The zero-order valence-corrected chi connectivity index (χ0v) is 15.3. The van der Waals surface area contributed by atoms with E-state index in [1.54, 1.807) is 18.1 Å². The van der Waals surface area contributed by atoms with Crippen molar-refractivity contribution in [3.05, 3.63) is 65.7 Å². The van der Waals surface area contributed by atoms with Crippen molar-refractivity contribution in [1.29, 1.82) is 0 Å². The van der Waals surface area contributed by atoms with Crippen molar-refractivity contribution in [2.45, 2.75) is 50.4 Å². The maximum absolute atomic E-state index is 12.6. The maximum Gasteiger partial charge on any atom is 0.251 e. The van der Waals surface area contributed by atoms with Crippen LogP contribution in [0.5, 0.6) is 5.75 Å². The number of hydrogen-bond acceptors (Lipinski definition) is 2.